The Bertz CT molecular complexity index is 1300. The van der Waals surface area contributed by atoms with Crippen LogP contribution in [-0.2, 0) is 10.8 Å². The van der Waals surface area contributed by atoms with Gasteiger partial charge in [-0.15, -0.1) is 0 Å². The van der Waals surface area contributed by atoms with Crippen LogP contribution in [0.4, 0.5) is 5.69 Å². The molecular formula is C30H35NO5. The summed E-state index contributed by atoms with van der Waals surface area (Å²) in [5, 5.41) is 2.83. The molecule has 6 heteroatoms. The fourth-order valence-corrected chi connectivity index (χ4v) is 5.36. The Morgan fingerprint density at radius 3 is 2.08 bits per heavy atom. The highest BCUT2D eigenvalue weighted by atomic mass is 16.5. The lowest BCUT2D eigenvalue weighted by Crippen LogP contribution is -2.17. The van der Waals surface area contributed by atoms with Gasteiger partial charge in [0.1, 0.15) is 28.7 Å². The Morgan fingerprint density at radius 1 is 0.889 bits per heavy atom. The normalized spacial score (nSPS) is 15.6. The fourth-order valence-electron chi connectivity index (χ4n) is 5.36. The van der Waals surface area contributed by atoms with E-state index < -0.39 is 5.91 Å². The Hall–Kier alpha value is -3.67. The molecule has 0 atom stereocenters. The second-order valence-electron chi connectivity index (χ2n) is 10.6. The van der Waals surface area contributed by atoms with Crippen LogP contribution in [0.2, 0.25) is 0 Å². The average Bonchev–Trinajstić information content (AvgIpc) is 3.37. The standard InChI is InChI=1S/C30H35NO5/c1-18-13-22-23(30(4,5)17-29(22,2)3)14-19(18)9-10-20-11-12-24(36-20)28(32)31-27-25(34-7)15-21(33-6)16-26(27)35-8/h9-16H,17H2,1-8H3,(H,31,32)/b10-9-. The summed E-state index contributed by atoms with van der Waals surface area (Å²) < 4.78 is 21.9. The molecule has 0 radical (unpaired) electrons. The van der Waals surface area contributed by atoms with E-state index in [1.54, 1.807) is 31.4 Å². The van der Waals surface area contributed by atoms with Crippen molar-refractivity contribution in [3.05, 3.63) is 70.2 Å². The number of amides is 1. The molecule has 0 spiro atoms. The third kappa shape index (κ3) is 4.72. The molecule has 1 aliphatic carbocycles. The minimum Gasteiger partial charge on any atom is -0.496 e. The van der Waals surface area contributed by atoms with Gasteiger partial charge < -0.3 is 23.9 Å². The van der Waals surface area contributed by atoms with E-state index in [2.05, 4.69) is 52.1 Å². The number of hydrogen-bond donors (Lipinski definition) is 1. The summed E-state index contributed by atoms with van der Waals surface area (Å²) in [6.45, 7) is 11.4. The average molecular weight is 490 g/mol. The predicted molar refractivity (Wildman–Crippen MR) is 144 cm³/mol. The van der Waals surface area contributed by atoms with Crippen LogP contribution in [0.1, 0.15) is 72.7 Å². The van der Waals surface area contributed by atoms with E-state index in [0.29, 0.717) is 28.7 Å². The van der Waals surface area contributed by atoms with Gasteiger partial charge in [-0.05, 0) is 64.6 Å². The van der Waals surface area contributed by atoms with E-state index in [1.165, 1.54) is 30.9 Å². The van der Waals surface area contributed by atoms with E-state index in [1.807, 2.05) is 12.2 Å². The van der Waals surface area contributed by atoms with E-state index in [9.17, 15) is 4.79 Å². The van der Waals surface area contributed by atoms with Gasteiger partial charge >= 0.3 is 0 Å². The smallest absolute Gasteiger partial charge is 0.291 e. The monoisotopic (exact) mass is 489 g/mol. The van der Waals surface area contributed by atoms with Crippen molar-refractivity contribution in [3.8, 4) is 17.2 Å². The third-order valence-corrected chi connectivity index (χ3v) is 6.98. The Kier molecular flexibility index (Phi) is 6.65. The lowest BCUT2D eigenvalue weighted by Gasteiger charge is -2.22. The Balaban J connectivity index is 1.56. The van der Waals surface area contributed by atoms with Crippen LogP contribution in [0.15, 0.2) is 40.8 Å². The number of ether oxygens (including phenoxy) is 3. The van der Waals surface area contributed by atoms with Crippen LogP contribution in [0.25, 0.3) is 12.2 Å². The molecule has 0 unspecified atom stereocenters. The number of anilines is 1. The number of benzene rings is 2. The van der Waals surface area contributed by atoms with Crippen molar-refractivity contribution in [2.75, 3.05) is 26.6 Å². The van der Waals surface area contributed by atoms with Gasteiger partial charge in [-0.2, -0.15) is 0 Å². The summed E-state index contributed by atoms with van der Waals surface area (Å²) in [6.07, 6.45) is 5.07. The number of fused-ring (bicyclic) bond motifs is 1. The predicted octanol–water partition coefficient (Wildman–Crippen LogP) is 7.00. The molecule has 6 nitrogen and oxygen atoms in total. The minimum atomic E-state index is -0.408. The van der Waals surface area contributed by atoms with Crippen LogP contribution < -0.4 is 19.5 Å². The van der Waals surface area contributed by atoms with Crippen molar-refractivity contribution in [1.29, 1.82) is 0 Å². The van der Waals surface area contributed by atoms with Gasteiger partial charge in [-0.3, -0.25) is 4.79 Å². The molecule has 1 N–H and O–H groups in total. The second kappa shape index (κ2) is 9.41. The number of carbonyl (C=O) groups is 1. The number of hydrogen-bond acceptors (Lipinski definition) is 5. The molecule has 0 fully saturated rings. The van der Waals surface area contributed by atoms with Crippen molar-refractivity contribution in [2.45, 2.75) is 51.9 Å². The zero-order valence-corrected chi connectivity index (χ0v) is 22.4. The van der Waals surface area contributed by atoms with Crippen LogP contribution in [0, 0.1) is 6.92 Å². The highest BCUT2D eigenvalue weighted by molar-refractivity contribution is 6.04. The van der Waals surface area contributed by atoms with E-state index in [-0.39, 0.29) is 16.6 Å². The maximum absolute atomic E-state index is 12.9. The lowest BCUT2D eigenvalue weighted by molar-refractivity contribution is 0.0995. The highest BCUT2D eigenvalue weighted by Crippen LogP contribution is 2.50. The number of furan rings is 1. The van der Waals surface area contributed by atoms with Crippen LogP contribution >= 0.6 is 0 Å². The molecule has 0 aliphatic heterocycles. The van der Waals surface area contributed by atoms with Gasteiger partial charge in [0.25, 0.3) is 5.91 Å². The van der Waals surface area contributed by atoms with Crippen molar-refractivity contribution in [1.82, 2.24) is 0 Å². The summed E-state index contributed by atoms with van der Waals surface area (Å²) >= 11 is 0. The molecule has 4 rings (SSSR count). The first-order valence-corrected chi connectivity index (χ1v) is 12.0. The molecule has 1 aliphatic rings. The Morgan fingerprint density at radius 2 is 1.50 bits per heavy atom. The number of rotatable bonds is 7. The molecule has 1 amide bonds. The van der Waals surface area contributed by atoms with Gasteiger partial charge in [0.2, 0.25) is 0 Å². The third-order valence-electron chi connectivity index (χ3n) is 6.98. The number of methoxy groups -OCH3 is 3. The summed E-state index contributed by atoms with van der Waals surface area (Å²) in [5.41, 5.74) is 5.91. The number of aryl methyl sites for hydroxylation is 1. The summed E-state index contributed by atoms with van der Waals surface area (Å²) in [6, 6.07) is 11.4. The van der Waals surface area contributed by atoms with E-state index >= 15 is 0 Å². The first-order valence-electron chi connectivity index (χ1n) is 12.0. The maximum Gasteiger partial charge on any atom is 0.291 e. The highest BCUT2D eigenvalue weighted by Gasteiger charge is 2.41. The number of nitrogens with one attached hydrogen (secondary N) is 1. The molecule has 0 saturated heterocycles. The van der Waals surface area contributed by atoms with Gasteiger partial charge in [-0.25, -0.2) is 0 Å². The summed E-state index contributed by atoms with van der Waals surface area (Å²) in [4.78, 5) is 12.9. The van der Waals surface area contributed by atoms with Crippen molar-refractivity contribution < 1.29 is 23.4 Å². The van der Waals surface area contributed by atoms with Gasteiger partial charge in [-0.1, -0.05) is 45.9 Å². The van der Waals surface area contributed by atoms with Gasteiger partial charge in [0, 0.05) is 12.1 Å². The molecule has 1 aromatic heterocycles. The first kappa shape index (κ1) is 25.4. The zero-order chi connectivity index (χ0) is 26.3. The molecule has 1 heterocycles. The van der Waals surface area contributed by atoms with E-state index in [0.717, 1.165) is 12.0 Å². The van der Waals surface area contributed by atoms with Gasteiger partial charge in [0.05, 0.1) is 21.3 Å². The SMILES string of the molecule is COc1cc(OC)c(NC(=O)c2ccc(/C=C\c3cc4c(cc3C)C(C)(C)CC4(C)C)o2)c(OC)c1. The van der Waals surface area contributed by atoms with Crippen molar-refractivity contribution in [3.63, 3.8) is 0 Å². The maximum atomic E-state index is 12.9. The van der Waals surface area contributed by atoms with Gasteiger partial charge in [0.15, 0.2) is 5.76 Å². The van der Waals surface area contributed by atoms with Crippen molar-refractivity contribution >= 4 is 23.7 Å². The molecule has 190 valence electrons. The Labute approximate surface area is 213 Å². The van der Waals surface area contributed by atoms with E-state index in [4.69, 9.17) is 18.6 Å². The lowest BCUT2D eigenvalue weighted by atomic mass is 9.82. The molecular weight excluding hydrogens is 454 g/mol. The molecule has 36 heavy (non-hydrogen) atoms. The molecule has 3 aromatic rings. The summed E-state index contributed by atoms with van der Waals surface area (Å²) in [7, 11) is 4.59. The van der Waals surface area contributed by atoms with Crippen LogP contribution in [0.3, 0.4) is 0 Å². The number of carbonyl (C=O) groups excluding carboxylic acids is 1. The van der Waals surface area contributed by atoms with Crippen LogP contribution in [0.5, 0.6) is 17.2 Å². The summed E-state index contributed by atoms with van der Waals surface area (Å²) in [5.74, 6) is 1.76. The largest absolute Gasteiger partial charge is 0.496 e. The molecule has 0 saturated carbocycles. The first-order chi connectivity index (χ1) is 17.0. The topological polar surface area (TPSA) is 69.9 Å². The quantitative estimate of drug-likeness (QED) is 0.387. The minimum absolute atomic E-state index is 0.134. The molecule has 0 bridgehead atoms. The molecule has 2 aromatic carbocycles. The second-order valence-corrected chi connectivity index (χ2v) is 10.6. The zero-order valence-electron chi connectivity index (χ0n) is 22.4. The van der Waals surface area contributed by atoms with Crippen molar-refractivity contribution in [2.24, 2.45) is 0 Å². The van der Waals surface area contributed by atoms with Crippen LogP contribution in [-0.4, -0.2) is 27.2 Å². The fraction of sp³-hybridized carbons (Fsp3) is 0.367.